The van der Waals surface area contributed by atoms with E-state index >= 15 is 0 Å². The van der Waals surface area contributed by atoms with Gasteiger partial charge in [-0.05, 0) is 30.5 Å². The van der Waals surface area contributed by atoms with Crippen molar-refractivity contribution in [2.45, 2.75) is 13.0 Å². The monoisotopic (exact) mass is 341 g/mol. The predicted octanol–water partition coefficient (Wildman–Crippen LogP) is 2.63. The third-order valence-electron chi connectivity index (χ3n) is 3.39. The van der Waals surface area contributed by atoms with Crippen molar-refractivity contribution in [3.8, 4) is 16.3 Å². The number of primary amides is 1. The van der Waals surface area contributed by atoms with Crippen LogP contribution in [0.4, 0.5) is 0 Å². The molecule has 0 saturated carbocycles. The van der Waals surface area contributed by atoms with Crippen LogP contribution < -0.4 is 5.73 Å². The van der Waals surface area contributed by atoms with E-state index in [1.807, 2.05) is 47.8 Å². The number of nitrogens with two attached hydrogens (primary N) is 1. The fourth-order valence-corrected chi connectivity index (χ4v) is 2.84. The van der Waals surface area contributed by atoms with Crippen LogP contribution in [0.3, 0.4) is 0 Å². The number of carbonyl (C=O) groups excluding carboxylic acids is 2. The standard InChI is InChI=1S/C17H15N3O3S/c1-11(16(18)21)23-17(22)13-10-20(12-6-3-2-4-7-12)19-15(13)14-8-5-9-24-14/h2-11H,1H3,(H2,18,21)/t11-/m0/s1. The average molecular weight is 341 g/mol. The summed E-state index contributed by atoms with van der Waals surface area (Å²) < 4.78 is 6.74. The number of carbonyl (C=O) groups is 2. The molecule has 1 amide bonds. The Morgan fingerprint density at radius 1 is 1.21 bits per heavy atom. The number of para-hydroxylation sites is 1. The zero-order valence-electron chi connectivity index (χ0n) is 12.9. The van der Waals surface area contributed by atoms with Crippen LogP contribution in [0.2, 0.25) is 0 Å². The van der Waals surface area contributed by atoms with E-state index in [0.29, 0.717) is 5.69 Å². The van der Waals surface area contributed by atoms with E-state index < -0.39 is 18.0 Å². The second-order valence-electron chi connectivity index (χ2n) is 5.10. The van der Waals surface area contributed by atoms with Crippen LogP contribution >= 0.6 is 11.3 Å². The summed E-state index contributed by atoms with van der Waals surface area (Å²) in [5.74, 6) is -1.33. The number of amides is 1. The molecular weight excluding hydrogens is 326 g/mol. The van der Waals surface area contributed by atoms with Gasteiger partial charge in [0.05, 0.1) is 10.6 Å². The van der Waals surface area contributed by atoms with Gasteiger partial charge in [0, 0.05) is 6.20 Å². The molecule has 0 aliphatic carbocycles. The minimum atomic E-state index is -1.01. The van der Waals surface area contributed by atoms with Gasteiger partial charge in [0.1, 0.15) is 11.3 Å². The normalized spacial score (nSPS) is 11.9. The highest BCUT2D eigenvalue weighted by atomic mass is 32.1. The lowest BCUT2D eigenvalue weighted by atomic mass is 10.2. The number of esters is 1. The Kier molecular flexibility index (Phi) is 4.43. The Bertz CT molecular complexity index is 857. The Balaban J connectivity index is 2.02. The molecule has 0 saturated heterocycles. The molecule has 3 rings (SSSR count). The molecule has 1 atom stereocenters. The molecule has 0 aliphatic heterocycles. The van der Waals surface area contributed by atoms with Crippen molar-refractivity contribution in [2.24, 2.45) is 5.73 Å². The van der Waals surface area contributed by atoms with E-state index in [-0.39, 0.29) is 5.56 Å². The topological polar surface area (TPSA) is 87.2 Å². The van der Waals surface area contributed by atoms with Crippen LogP contribution in [0.5, 0.6) is 0 Å². The number of ether oxygens (including phenoxy) is 1. The molecular formula is C17H15N3O3S. The Hall–Kier alpha value is -2.93. The average Bonchev–Trinajstić information content (AvgIpc) is 3.24. The highest BCUT2D eigenvalue weighted by molar-refractivity contribution is 7.13. The van der Waals surface area contributed by atoms with Gasteiger partial charge in [0.2, 0.25) is 0 Å². The molecule has 2 heterocycles. The largest absolute Gasteiger partial charge is 0.449 e. The van der Waals surface area contributed by atoms with Gasteiger partial charge < -0.3 is 10.5 Å². The number of hydrogen-bond donors (Lipinski definition) is 1. The molecule has 1 aromatic carbocycles. The smallest absolute Gasteiger partial charge is 0.342 e. The Labute approximate surface area is 142 Å². The maximum Gasteiger partial charge on any atom is 0.342 e. The molecule has 122 valence electrons. The minimum Gasteiger partial charge on any atom is -0.449 e. The van der Waals surface area contributed by atoms with Crippen molar-refractivity contribution in [2.75, 3.05) is 0 Å². The van der Waals surface area contributed by atoms with Crippen LogP contribution in [0, 0.1) is 0 Å². The van der Waals surface area contributed by atoms with Gasteiger partial charge in [-0.15, -0.1) is 11.3 Å². The molecule has 2 N–H and O–H groups in total. The summed E-state index contributed by atoms with van der Waals surface area (Å²) >= 11 is 1.47. The molecule has 0 aliphatic rings. The third-order valence-corrected chi connectivity index (χ3v) is 4.27. The van der Waals surface area contributed by atoms with Crippen molar-refractivity contribution in [3.63, 3.8) is 0 Å². The van der Waals surface area contributed by atoms with Crippen molar-refractivity contribution < 1.29 is 14.3 Å². The van der Waals surface area contributed by atoms with E-state index in [0.717, 1.165) is 10.6 Å². The molecule has 24 heavy (non-hydrogen) atoms. The first-order valence-corrected chi connectivity index (χ1v) is 8.13. The van der Waals surface area contributed by atoms with E-state index in [9.17, 15) is 9.59 Å². The SMILES string of the molecule is C[C@H](OC(=O)c1cn(-c2ccccc2)nc1-c1cccs1)C(N)=O. The summed E-state index contributed by atoms with van der Waals surface area (Å²) in [5.41, 5.74) is 6.77. The zero-order valence-corrected chi connectivity index (χ0v) is 13.7. The van der Waals surface area contributed by atoms with Crippen LogP contribution in [0.1, 0.15) is 17.3 Å². The van der Waals surface area contributed by atoms with Gasteiger partial charge in [-0.25, -0.2) is 9.48 Å². The lowest BCUT2D eigenvalue weighted by Gasteiger charge is -2.08. The first-order valence-electron chi connectivity index (χ1n) is 7.25. The fourth-order valence-electron chi connectivity index (χ4n) is 2.11. The molecule has 0 radical (unpaired) electrons. The van der Waals surface area contributed by atoms with E-state index in [1.165, 1.54) is 18.3 Å². The summed E-state index contributed by atoms with van der Waals surface area (Å²) in [6, 6.07) is 13.2. The minimum absolute atomic E-state index is 0.286. The number of hydrogen-bond acceptors (Lipinski definition) is 5. The second kappa shape index (κ2) is 6.67. The first-order chi connectivity index (χ1) is 11.6. The molecule has 0 bridgehead atoms. The molecule has 0 unspecified atom stereocenters. The number of aromatic nitrogens is 2. The number of rotatable bonds is 5. The molecule has 6 nitrogen and oxygen atoms in total. The Morgan fingerprint density at radius 2 is 1.96 bits per heavy atom. The van der Waals surface area contributed by atoms with Crippen LogP contribution in [-0.2, 0) is 9.53 Å². The van der Waals surface area contributed by atoms with Gasteiger partial charge in [-0.1, -0.05) is 24.3 Å². The van der Waals surface area contributed by atoms with Crippen LogP contribution in [-0.4, -0.2) is 27.8 Å². The second-order valence-corrected chi connectivity index (χ2v) is 6.05. The van der Waals surface area contributed by atoms with Crippen molar-refractivity contribution in [3.05, 3.63) is 59.6 Å². The van der Waals surface area contributed by atoms with Gasteiger partial charge >= 0.3 is 5.97 Å². The predicted molar refractivity (Wildman–Crippen MR) is 90.9 cm³/mol. The van der Waals surface area contributed by atoms with Gasteiger partial charge in [-0.3, -0.25) is 4.79 Å². The quantitative estimate of drug-likeness (QED) is 0.723. The number of thiophene rings is 1. The highest BCUT2D eigenvalue weighted by Gasteiger charge is 2.23. The molecule has 0 spiro atoms. The highest BCUT2D eigenvalue weighted by Crippen LogP contribution is 2.28. The lowest BCUT2D eigenvalue weighted by molar-refractivity contribution is -0.125. The van der Waals surface area contributed by atoms with Crippen molar-refractivity contribution in [1.29, 1.82) is 0 Å². The number of nitrogens with zero attached hydrogens (tertiary/aromatic N) is 2. The summed E-state index contributed by atoms with van der Waals surface area (Å²) in [5, 5.41) is 6.41. The third kappa shape index (κ3) is 3.21. The van der Waals surface area contributed by atoms with Gasteiger partial charge in [0.25, 0.3) is 5.91 Å². The summed E-state index contributed by atoms with van der Waals surface area (Å²) in [6.45, 7) is 1.44. The zero-order chi connectivity index (χ0) is 17.1. The van der Waals surface area contributed by atoms with E-state index in [2.05, 4.69) is 5.10 Å². The van der Waals surface area contributed by atoms with E-state index in [1.54, 1.807) is 10.9 Å². The van der Waals surface area contributed by atoms with Gasteiger partial charge in [0.15, 0.2) is 6.10 Å². The molecule has 7 heteroatoms. The molecule has 3 aromatic rings. The first kappa shape index (κ1) is 15.9. The number of benzene rings is 1. The van der Waals surface area contributed by atoms with Gasteiger partial charge in [-0.2, -0.15) is 5.10 Å². The lowest BCUT2D eigenvalue weighted by Crippen LogP contribution is -2.30. The molecule has 2 aromatic heterocycles. The van der Waals surface area contributed by atoms with Crippen molar-refractivity contribution in [1.82, 2.24) is 9.78 Å². The summed E-state index contributed by atoms with van der Waals surface area (Å²) in [4.78, 5) is 24.4. The fraction of sp³-hybridized carbons (Fsp3) is 0.118. The van der Waals surface area contributed by atoms with E-state index in [4.69, 9.17) is 10.5 Å². The van der Waals surface area contributed by atoms with Crippen LogP contribution in [0.15, 0.2) is 54.0 Å². The summed E-state index contributed by atoms with van der Waals surface area (Å²) in [7, 11) is 0. The maximum atomic E-state index is 12.4. The maximum absolute atomic E-state index is 12.4. The van der Waals surface area contributed by atoms with Crippen molar-refractivity contribution >= 4 is 23.2 Å². The molecule has 0 fully saturated rings. The Morgan fingerprint density at radius 3 is 2.58 bits per heavy atom. The summed E-state index contributed by atoms with van der Waals surface area (Å²) in [6.07, 6.45) is 0.592. The van der Waals surface area contributed by atoms with Crippen LogP contribution in [0.25, 0.3) is 16.3 Å².